The summed E-state index contributed by atoms with van der Waals surface area (Å²) in [4.78, 5) is 10.7. The number of carboxylic acids is 1. The summed E-state index contributed by atoms with van der Waals surface area (Å²) < 4.78 is 10.7. The Labute approximate surface area is 89.0 Å². The van der Waals surface area contributed by atoms with Gasteiger partial charge < -0.3 is 14.6 Å². The Balaban J connectivity index is 4.27. The van der Waals surface area contributed by atoms with E-state index in [-0.39, 0.29) is 0 Å². The summed E-state index contributed by atoms with van der Waals surface area (Å²) in [7, 11) is 0. The van der Waals surface area contributed by atoms with Crippen molar-refractivity contribution < 1.29 is 19.4 Å². The van der Waals surface area contributed by atoms with Crippen LogP contribution in [0.3, 0.4) is 0 Å². The van der Waals surface area contributed by atoms with Gasteiger partial charge in [0.1, 0.15) is 5.25 Å². The summed E-state index contributed by atoms with van der Waals surface area (Å²) in [5, 5.41) is 7.35. The van der Waals surface area contributed by atoms with Gasteiger partial charge in [0.15, 0.2) is 0 Å². The van der Waals surface area contributed by atoms with E-state index >= 15 is 0 Å². The minimum absolute atomic E-state index is 0.496. The van der Waals surface area contributed by atoms with Gasteiger partial charge in [-0.15, -0.1) is 0 Å². The molecule has 0 rings (SSSR count). The Bertz CT molecular complexity index is 178. The van der Waals surface area contributed by atoms with Crippen LogP contribution in [0.25, 0.3) is 0 Å². The van der Waals surface area contributed by atoms with E-state index in [0.717, 1.165) is 11.8 Å². The predicted octanol–water partition coefficient (Wildman–Crippen LogP) is 1.94. The van der Waals surface area contributed by atoms with Crippen molar-refractivity contribution in [3.8, 4) is 0 Å². The third-order valence-electron chi connectivity index (χ3n) is 1.55. The maximum atomic E-state index is 10.7. The summed E-state index contributed by atoms with van der Waals surface area (Å²) >= 11 is 1.16. The fourth-order valence-corrected chi connectivity index (χ4v) is 2.12. The molecule has 5 heteroatoms. The number of rotatable bonds is 7. The number of aliphatic carboxylic acids is 1. The van der Waals surface area contributed by atoms with Crippen molar-refractivity contribution in [1.29, 1.82) is 0 Å². The van der Waals surface area contributed by atoms with Crippen molar-refractivity contribution in [2.24, 2.45) is 0 Å². The molecule has 84 valence electrons. The third kappa shape index (κ3) is 4.83. The molecule has 1 atom stereocenters. The molecule has 0 bridgehead atoms. The normalized spacial score (nSPS) is 14.0. The highest BCUT2D eigenvalue weighted by molar-refractivity contribution is 8.01. The quantitative estimate of drug-likeness (QED) is 0.667. The molecule has 0 saturated heterocycles. The van der Waals surface area contributed by atoms with E-state index in [1.54, 1.807) is 13.8 Å². The molecule has 1 N–H and O–H groups in total. The molecule has 0 aliphatic heterocycles. The van der Waals surface area contributed by atoms with Crippen LogP contribution in [0.5, 0.6) is 0 Å². The molecule has 14 heavy (non-hydrogen) atoms. The van der Waals surface area contributed by atoms with Gasteiger partial charge in [-0.2, -0.15) is 0 Å². The van der Waals surface area contributed by atoms with Gasteiger partial charge in [-0.05, 0) is 20.8 Å². The minimum atomic E-state index is -0.861. The fourth-order valence-electron chi connectivity index (χ4n) is 1.01. The zero-order valence-corrected chi connectivity index (χ0v) is 9.89. The first kappa shape index (κ1) is 13.7. The van der Waals surface area contributed by atoms with Gasteiger partial charge in [0.2, 0.25) is 5.12 Å². The first-order chi connectivity index (χ1) is 6.45. The molecule has 0 heterocycles. The van der Waals surface area contributed by atoms with Crippen molar-refractivity contribution in [1.82, 2.24) is 0 Å². The topological polar surface area (TPSA) is 55.8 Å². The zero-order chi connectivity index (χ0) is 11.2. The van der Waals surface area contributed by atoms with Gasteiger partial charge in [-0.1, -0.05) is 11.8 Å². The number of ether oxygens (including phenoxy) is 2. The molecule has 0 aliphatic carbocycles. The van der Waals surface area contributed by atoms with E-state index < -0.39 is 16.3 Å². The number of thioether (sulfide) groups is 1. The van der Waals surface area contributed by atoms with Crippen LogP contribution in [0.4, 0.5) is 0 Å². The van der Waals surface area contributed by atoms with E-state index in [0.29, 0.717) is 13.2 Å². The Kier molecular flexibility index (Phi) is 6.15. The fraction of sp³-hybridized carbons (Fsp3) is 0.889. The summed E-state index contributed by atoms with van der Waals surface area (Å²) in [6.07, 6.45) is 0. The third-order valence-corrected chi connectivity index (χ3v) is 2.77. The molecule has 0 aromatic heterocycles. The molecule has 0 radical (unpaired) electrons. The number of carbonyl (C=O) groups is 1. The smallest absolute Gasteiger partial charge is 0.316 e. The lowest BCUT2D eigenvalue weighted by molar-refractivity contribution is -0.154. The minimum Gasteiger partial charge on any atom is -0.480 e. The van der Waals surface area contributed by atoms with E-state index in [2.05, 4.69) is 0 Å². The van der Waals surface area contributed by atoms with Crippen LogP contribution in [-0.2, 0) is 14.3 Å². The highest BCUT2D eigenvalue weighted by Crippen LogP contribution is 2.31. The molecule has 0 aromatic carbocycles. The Hall–Kier alpha value is -0.260. The summed E-state index contributed by atoms with van der Waals surface area (Å²) in [6, 6.07) is 0. The van der Waals surface area contributed by atoms with Crippen molar-refractivity contribution in [3.05, 3.63) is 0 Å². The lowest BCUT2D eigenvalue weighted by Gasteiger charge is -2.29. The van der Waals surface area contributed by atoms with Gasteiger partial charge in [0.25, 0.3) is 0 Å². The van der Waals surface area contributed by atoms with Gasteiger partial charge in [-0.25, -0.2) is 0 Å². The summed E-state index contributed by atoms with van der Waals surface area (Å²) in [5.74, 6) is -0.861. The van der Waals surface area contributed by atoms with Crippen molar-refractivity contribution in [2.45, 2.75) is 38.1 Å². The van der Waals surface area contributed by atoms with E-state index in [1.807, 2.05) is 13.8 Å². The summed E-state index contributed by atoms with van der Waals surface area (Å²) in [6.45, 7) is 8.05. The van der Waals surface area contributed by atoms with E-state index in [9.17, 15) is 4.79 Å². The Morgan fingerprint density at radius 1 is 1.43 bits per heavy atom. The standard InChI is InChI=1S/C9H18O4S/c1-5-12-9(4,13-6-2)14-7(3)8(10)11/h7H,5-6H2,1-4H3,(H,10,11). The van der Waals surface area contributed by atoms with Gasteiger partial charge in [0, 0.05) is 20.1 Å². The predicted molar refractivity (Wildman–Crippen MR) is 56.3 cm³/mol. The maximum Gasteiger partial charge on any atom is 0.316 e. The molecule has 0 saturated carbocycles. The highest BCUT2D eigenvalue weighted by atomic mass is 32.2. The molecule has 0 fully saturated rings. The zero-order valence-electron chi connectivity index (χ0n) is 9.07. The maximum absolute atomic E-state index is 10.7. The molecule has 4 nitrogen and oxygen atoms in total. The lowest BCUT2D eigenvalue weighted by Crippen LogP contribution is -2.32. The number of carboxylic acid groups (broad SMARTS) is 1. The van der Waals surface area contributed by atoms with Crippen LogP contribution >= 0.6 is 11.8 Å². The van der Waals surface area contributed by atoms with Crippen LogP contribution < -0.4 is 0 Å². The van der Waals surface area contributed by atoms with Crippen LogP contribution in [0.2, 0.25) is 0 Å². The van der Waals surface area contributed by atoms with Crippen molar-refractivity contribution >= 4 is 17.7 Å². The van der Waals surface area contributed by atoms with E-state index in [4.69, 9.17) is 14.6 Å². The first-order valence-electron chi connectivity index (χ1n) is 4.63. The first-order valence-corrected chi connectivity index (χ1v) is 5.51. The second-order valence-corrected chi connectivity index (χ2v) is 4.51. The highest BCUT2D eigenvalue weighted by Gasteiger charge is 2.31. The molecule has 0 amide bonds. The van der Waals surface area contributed by atoms with Gasteiger partial charge >= 0.3 is 5.97 Å². The number of hydrogen-bond donors (Lipinski definition) is 1. The SMILES string of the molecule is CCOC(C)(OCC)SC(C)C(=O)O. The average molecular weight is 222 g/mol. The average Bonchev–Trinajstić information content (AvgIpc) is 2.04. The monoisotopic (exact) mass is 222 g/mol. The lowest BCUT2D eigenvalue weighted by atomic mass is 10.5. The van der Waals surface area contributed by atoms with E-state index in [1.165, 1.54) is 0 Å². The van der Waals surface area contributed by atoms with Crippen molar-refractivity contribution in [2.75, 3.05) is 13.2 Å². The van der Waals surface area contributed by atoms with Crippen LogP contribution in [0.15, 0.2) is 0 Å². The van der Waals surface area contributed by atoms with Crippen LogP contribution in [0, 0.1) is 0 Å². The Morgan fingerprint density at radius 2 is 1.86 bits per heavy atom. The molecule has 0 aromatic rings. The molecule has 0 spiro atoms. The second kappa shape index (κ2) is 6.27. The van der Waals surface area contributed by atoms with Crippen molar-refractivity contribution in [3.63, 3.8) is 0 Å². The number of hydrogen-bond acceptors (Lipinski definition) is 4. The van der Waals surface area contributed by atoms with Crippen LogP contribution in [-0.4, -0.2) is 34.7 Å². The van der Waals surface area contributed by atoms with Gasteiger partial charge in [0.05, 0.1) is 0 Å². The Morgan fingerprint density at radius 3 is 2.14 bits per heavy atom. The van der Waals surface area contributed by atoms with Gasteiger partial charge in [-0.3, -0.25) is 4.79 Å². The molecule has 1 unspecified atom stereocenters. The largest absolute Gasteiger partial charge is 0.480 e. The molecular formula is C9H18O4S. The molecular weight excluding hydrogens is 204 g/mol. The van der Waals surface area contributed by atoms with Crippen LogP contribution in [0.1, 0.15) is 27.7 Å². The second-order valence-electron chi connectivity index (χ2n) is 2.83. The molecule has 0 aliphatic rings. The summed E-state index contributed by atoms with van der Waals surface area (Å²) in [5.41, 5.74) is 0.